The SMILES string of the molecule is Cc1ccc(O[C@@H](C)C(=O)N2CCC(c3ccc(O)cc3)CC2)cc1. The molecule has 0 radical (unpaired) electrons. The van der Waals surface area contributed by atoms with Crippen molar-refractivity contribution in [2.75, 3.05) is 13.1 Å². The third-order valence-electron chi connectivity index (χ3n) is 4.85. The van der Waals surface area contributed by atoms with E-state index in [0.717, 1.165) is 31.7 Å². The number of aryl methyl sites for hydroxylation is 1. The number of hydrogen-bond acceptors (Lipinski definition) is 3. The lowest BCUT2D eigenvalue weighted by atomic mass is 9.89. The molecule has 1 aliphatic heterocycles. The molecule has 0 aromatic heterocycles. The molecule has 1 atom stereocenters. The second kappa shape index (κ2) is 7.60. The highest BCUT2D eigenvalue weighted by atomic mass is 16.5. The molecule has 4 heteroatoms. The number of aromatic hydroxyl groups is 1. The lowest BCUT2D eigenvalue weighted by molar-refractivity contribution is -0.139. The van der Waals surface area contributed by atoms with Gasteiger partial charge in [-0.05, 0) is 62.4 Å². The summed E-state index contributed by atoms with van der Waals surface area (Å²) in [6.45, 7) is 5.32. The highest BCUT2D eigenvalue weighted by molar-refractivity contribution is 5.81. The van der Waals surface area contributed by atoms with Crippen molar-refractivity contribution in [2.24, 2.45) is 0 Å². The lowest BCUT2D eigenvalue weighted by Gasteiger charge is -2.33. The third kappa shape index (κ3) is 4.32. The fourth-order valence-corrected chi connectivity index (χ4v) is 3.31. The van der Waals surface area contributed by atoms with Crippen LogP contribution in [0.3, 0.4) is 0 Å². The first kappa shape index (κ1) is 17.3. The molecule has 0 aliphatic carbocycles. The molecule has 0 saturated carbocycles. The largest absolute Gasteiger partial charge is 0.508 e. The first-order valence-corrected chi connectivity index (χ1v) is 8.84. The number of piperidine rings is 1. The summed E-state index contributed by atoms with van der Waals surface area (Å²) in [7, 11) is 0. The molecule has 1 N–H and O–H groups in total. The summed E-state index contributed by atoms with van der Waals surface area (Å²) in [5.41, 5.74) is 2.40. The minimum absolute atomic E-state index is 0.0460. The second-order valence-corrected chi connectivity index (χ2v) is 6.76. The van der Waals surface area contributed by atoms with Crippen molar-refractivity contribution in [3.05, 3.63) is 59.7 Å². The van der Waals surface area contributed by atoms with Crippen molar-refractivity contribution in [3.8, 4) is 11.5 Å². The Morgan fingerprint density at radius 1 is 1.08 bits per heavy atom. The van der Waals surface area contributed by atoms with Crippen LogP contribution in [-0.4, -0.2) is 35.1 Å². The number of phenolic OH excluding ortho intramolecular Hbond substituents is 1. The van der Waals surface area contributed by atoms with E-state index in [2.05, 4.69) is 0 Å². The predicted molar refractivity (Wildman–Crippen MR) is 97.9 cm³/mol. The Kier molecular flexibility index (Phi) is 5.27. The number of phenols is 1. The van der Waals surface area contributed by atoms with E-state index in [0.29, 0.717) is 11.7 Å². The van der Waals surface area contributed by atoms with Crippen molar-refractivity contribution in [3.63, 3.8) is 0 Å². The van der Waals surface area contributed by atoms with Crippen LogP contribution in [0.4, 0.5) is 0 Å². The molecule has 3 rings (SSSR count). The normalized spacial score (nSPS) is 16.5. The first-order chi connectivity index (χ1) is 12.0. The van der Waals surface area contributed by atoms with Crippen LogP contribution in [0.1, 0.15) is 36.8 Å². The fourth-order valence-electron chi connectivity index (χ4n) is 3.31. The van der Waals surface area contributed by atoms with E-state index in [1.165, 1.54) is 11.1 Å². The molecule has 0 bridgehead atoms. The Labute approximate surface area is 149 Å². The van der Waals surface area contributed by atoms with Gasteiger partial charge in [0.05, 0.1) is 0 Å². The highest BCUT2D eigenvalue weighted by Crippen LogP contribution is 2.29. The fraction of sp³-hybridized carbons (Fsp3) is 0.381. The number of carbonyl (C=O) groups is 1. The summed E-state index contributed by atoms with van der Waals surface area (Å²) >= 11 is 0. The number of rotatable bonds is 4. The van der Waals surface area contributed by atoms with Crippen LogP contribution < -0.4 is 4.74 Å². The number of carbonyl (C=O) groups excluding carboxylic acids is 1. The molecule has 1 aliphatic rings. The second-order valence-electron chi connectivity index (χ2n) is 6.76. The maximum Gasteiger partial charge on any atom is 0.263 e. The van der Waals surface area contributed by atoms with Crippen LogP contribution in [0.5, 0.6) is 11.5 Å². The zero-order valence-corrected chi connectivity index (χ0v) is 14.8. The van der Waals surface area contributed by atoms with Crippen LogP contribution in [0.25, 0.3) is 0 Å². The van der Waals surface area contributed by atoms with Gasteiger partial charge >= 0.3 is 0 Å². The van der Waals surface area contributed by atoms with Gasteiger partial charge in [0.15, 0.2) is 6.10 Å². The monoisotopic (exact) mass is 339 g/mol. The molecule has 1 fully saturated rings. The number of benzene rings is 2. The van der Waals surface area contributed by atoms with E-state index in [1.54, 1.807) is 12.1 Å². The Balaban J connectivity index is 1.53. The Morgan fingerprint density at radius 2 is 1.68 bits per heavy atom. The molecule has 2 aromatic carbocycles. The van der Waals surface area contributed by atoms with Crippen molar-refractivity contribution >= 4 is 5.91 Å². The predicted octanol–water partition coefficient (Wildman–Crippen LogP) is 3.87. The van der Waals surface area contributed by atoms with Crippen LogP contribution in [0.2, 0.25) is 0 Å². The summed E-state index contributed by atoms with van der Waals surface area (Å²) in [6.07, 6.45) is 1.40. The molecule has 25 heavy (non-hydrogen) atoms. The van der Waals surface area contributed by atoms with Crippen LogP contribution in [0, 0.1) is 6.92 Å². The standard InChI is InChI=1S/C21H25NO3/c1-15-3-9-20(10-4-15)25-16(2)21(24)22-13-11-18(12-14-22)17-5-7-19(23)8-6-17/h3-10,16,18,23H,11-14H2,1-2H3/t16-/m0/s1. The van der Waals surface area contributed by atoms with Crippen LogP contribution in [-0.2, 0) is 4.79 Å². The molecule has 2 aromatic rings. The average Bonchev–Trinajstić information content (AvgIpc) is 2.64. The van der Waals surface area contributed by atoms with E-state index < -0.39 is 6.10 Å². The number of amides is 1. The Hall–Kier alpha value is -2.49. The van der Waals surface area contributed by atoms with E-state index in [4.69, 9.17) is 4.74 Å². The molecule has 4 nitrogen and oxygen atoms in total. The Morgan fingerprint density at radius 3 is 2.28 bits per heavy atom. The molecule has 0 spiro atoms. The van der Waals surface area contributed by atoms with Gasteiger partial charge in [0.1, 0.15) is 11.5 Å². The zero-order valence-electron chi connectivity index (χ0n) is 14.8. The topological polar surface area (TPSA) is 49.8 Å². The minimum Gasteiger partial charge on any atom is -0.508 e. The van der Waals surface area contributed by atoms with Crippen LogP contribution in [0.15, 0.2) is 48.5 Å². The maximum absolute atomic E-state index is 12.6. The highest BCUT2D eigenvalue weighted by Gasteiger charge is 2.27. The van der Waals surface area contributed by atoms with E-state index in [-0.39, 0.29) is 5.91 Å². The minimum atomic E-state index is -0.479. The number of nitrogens with zero attached hydrogens (tertiary/aromatic N) is 1. The van der Waals surface area contributed by atoms with Gasteiger partial charge < -0.3 is 14.7 Å². The summed E-state index contributed by atoms with van der Waals surface area (Å²) in [6, 6.07) is 15.2. The molecule has 0 unspecified atom stereocenters. The summed E-state index contributed by atoms with van der Waals surface area (Å²) in [4.78, 5) is 14.5. The van der Waals surface area contributed by atoms with Gasteiger partial charge in [0, 0.05) is 13.1 Å². The first-order valence-electron chi connectivity index (χ1n) is 8.84. The smallest absolute Gasteiger partial charge is 0.263 e. The van der Waals surface area contributed by atoms with Gasteiger partial charge in [-0.1, -0.05) is 29.8 Å². The van der Waals surface area contributed by atoms with Gasteiger partial charge in [-0.3, -0.25) is 4.79 Å². The maximum atomic E-state index is 12.6. The van der Waals surface area contributed by atoms with Crippen molar-refractivity contribution < 1.29 is 14.6 Å². The quantitative estimate of drug-likeness (QED) is 0.920. The number of hydrogen-bond donors (Lipinski definition) is 1. The molecule has 1 heterocycles. The van der Waals surface area contributed by atoms with E-state index in [9.17, 15) is 9.90 Å². The van der Waals surface area contributed by atoms with Gasteiger partial charge in [-0.25, -0.2) is 0 Å². The number of likely N-dealkylation sites (tertiary alicyclic amines) is 1. The third-order valence-corrected chi connectivity index (χ3v) is 4.85. The molecule has 1 saturated heterocycles. The van der Waals surface area contributed by atoms with Crippen molar-refractivity contribution in [2.45, 2.75) is 38.7 Å². The van der Waals surface area contributed by atoms with Crippen molar-refractivity contribution in [1.82, 2.24) is 4.90 Å². The van der Waals surface area contributed by atoms with E-state index >= 15 is 0 Å². The molecular weight excluding hydrogens is 314 g/mol. The van der Waals surface area contributed by atoms with Gasteiger partial charge in [-0.15, -0.1) is 0 Å². The summed E-state index contributed by atoms with van der Waals surface area (Å²) < 4.78 is 5.79. The molecular formula is C21H25NO3. The van der Waals surface area contributed by atoms with E-state index in [1.807, 2.05) is 55.1 Å². The average molecular weight is 339 g/mol. The summed E-state index contributed by atoms with van der Waals surface area (Å²) in [5, 5.41) is 9.40. The van der Waals surface area contributed by atoms with Gasteiger partial charge in [0.2, 0.25) is 0 Å². The van der Waals surface area contributed by atoms with Crippen molar-refractivity contribution in [1.29, 1.82) is 0 Å². The lowest BCUT2D eigenvalue weighted by Crippen LogP contribution is -2.44. The van der Waals surface area contributed by atoms with Gasteiger partial charge in [-0.2, -0.15) is 0 Å². The van der Waals surface area contributed by atoms with Crippen LogP contribution >= 0.6 is 0 Å². The molecule has 1 amide bonds. The Bertz CT molecular complexity index is 701. The zero-order chi connectivity index (χ0) is 17.8. The van der Waals surface area contributed by atoms with Gasteiger partial charge in [0.25, 0.3) is 5.91 Å². The number of ether oxygens (including phenoxy) is 1. The summed E-state index contributed by atoms with van der Waals surface area (Å²) in [5.74, 6) is 1.51. The molecule has 132 valence electrons.